The molecule has 0 amide bonds. The van der Waals surface area contributed by atoms with Gasteiger partial charge in [-0.15, -0.1) is 0 Å². The quantitative estimate of drug-likeness (QED) is 0.732. The van der Waals surface area contributed by atoms with E-state index in [9.17, 15) is 5.11 Å². The molecule has 2 atom stereocenters. The number of pyridine rings is 1. The molecule has 0 aliphatic heterocycles. The van der Waals surface area contributed by atoms with Crippen molar-refractivity contribution in [2.24, 2.45) is 0 Å². The molecule has 4 nitrogen and oxygen atoms in total. The first-order chi connectivity index (χ1) is 9.17. The minimum atomic E-state index is 0.153. The van der Waals surface area contributed by atoms with Crippen LogP contribution in [0.5, 0.6) is 0 Å². The molecule has 1 aromatic heterocycles. The molecule has 2 aromatic rings. The molecular weight excluding hydrogens is 258 g/mol. The van der Waals surface area contributed by atoms with E-state index in [0.717, 1.165) is 22.1 Å². The minimum absolute atomic E-state index is 0.153. The van der Waals surface area contributed by atoms with Gasteiger partial charge in [0, 0.05) is 45.8 Å². The number of aliphatic hydroxyl groups excluding tert-OH is 1. The second-order valence-electron chi connectivity index (χ2n) is 4.51. The lowest BCUT2D eigenvalue weighted by atomic mass is 10.1. The molecule has 0 saturated heterocycles. The predicted octanol–water partition coefficient (Wildman–Crippen LogP) is 2.34. The lowest BCUT2D eigenvalue weighted by Gasteiger charge is -2.23. The molecule has 1 heterocycles. The summed E-state index contributed by atoms with van der Waals surface area (Å²) in [5.41, 5.74) is 7.72. The highest BCUT2D eigenvalue weighted by atomic mass is 32.2. The first-order valence-corrected chi connectivity index (χ1v) is 7.48. The standard InChI is InChI=1S/C14H19N3OS/c1-9(14(8-18)19-2)17-13-4-3-12(15)10-5-6-16-7-11(10)13/h3-7,9,14,17-18H,8,15H2,1-2H3. The Balaban J connectivity index is 2.33. The number of hydrogen-bond acceptors (Lipinski definition) is 5. The zero-order chi connectivity index (χ0) is 13.8. The van der Waals surface area contributed by atoms with E-state index in [1.54, 1.807) is 18.0 Å². The number of benzene rings is 1. The largest absolute Gasteiger partial charge is 0.398 e. The Kier molecular flexibility index (Phi) is 4.50. The number of thioether (sulfide) groups is 1. The molecule has 19 heavy (non-hydrogen) atoms. The van der Waals surface area contributed by atoms with Crippen molar-refractivity contribution in [1.82, 2.24) is 4.98 Å². The number of anilines is 2. The van der Waals surface area contributed by atoms with Crippen LogP contribution in [0.4, 0.5) is 11.4 Å². The number of rotatable bonds is 5. The summed E-state index contributed by atoms with van der Waals surface area (Å²) in [6.45, 7) is 2.22. The summed E-state index contributed by atoms with van der Waals surface area (Å²) in [6, 6.07) is 5.93. The van der Waals surface area contributed by atoms with Gasteiger partial charge in [0.1, 0.15) is 0 Å². The van der Waals surface area contributed by atoms with Gasteiger partial charge in [-0.1, -0.05) is 0 Å². The topological polar surface area (TPSA) is 71.2 Å². The maximum absolute atomic E-state index is 9.34. The summed E-state index contributed by atoms with van der Waals surface area (Å²) >= 11 is 1.65. The van der Waals surface area contributed by atoms with Crippen LogP contribution in [0.15, 0.2) is 30.6 Å². The molecule has 1 aromatic carbocycles. The number of nitrogens with one attached hydrogen (secondary N) is 1. The van der Waals surface area contributed by atoms with E-state index >= 15 is 0 Å². The SMILES string of the molecule is CSC(CO)C(C)Nc1ccc(N)c2ccncc12. The first-order valence-electron chi connectivity index (χ1n) is 6.19. The van der Waals surface area contributed by atoms with Crippen molar-refractivity contribution >= 4 is 33.9 Å². The number of aromatic nitrogens is 1. The van der Waals surface area contributed by atoms with E-state index < -0.39 is 0 Å². The average molecular weight is 277 g/mol. The molecule has 0 aliphatic carbocycles. The highest BCUT2D eigenvalue weighted by Gasteiger charge is 2.16. The highest BCUT2D eigenvalue weighted by Crippen LogP contribution is 2.28. The van der Waals surface area contributed by atoms with Gasteiger partial charge in [-0.05, 0) is 31.4 Å². The van der Waals surface area contributed by atoms with Crippen LogP contribution in [0.25, 0.3) is 10.8 Å². The van der Waals surface area contributed by atoms with E-state index in [2.05, 4.69) is 17.2 Å². The first kappa shape index (κ1) is 14.0. The summed E-state index contributed by atoms with van der Waals surface area (Å²) in [6.07, 6.45) is 5.56. The van der Waals surface area contributed by atoms with Crippen molar-refractivity contribution in [3.63, 3.8) is 0 Å². The fraction of sp³-hybridized carbons (Fsp3) is 0.357. The maximum atomic E-state index is 9.34. The smallest absolute Gasteiger partial charge is 0.0569 e. The van der Waals surface area contributed by atoms with Gasteiger partial charge in [-0.2, -0.15) is 11.8 Å². The van der Waals surface area contributed by atoms with Crippen molar-refractivity contribution in [2.75, 3.05) is 23.9 Å². The molecular formula is C14H19N3OS. The van der Waals surface area contributed by atoms with Gasteiger partial charge < -0.3 is 16.2 Å². The lowest BCUT2D eigenvalue weighted by Crippen LogP contribution is -2.31. The number of aliphatic hydroxyl groups is 1. The van der Waals surface area contributed by atoms with Crippen LogP contribution in [0.3, 0.4) is 0 Å². The summed E-state index contributed by atoms with van der Waals surface area (Å²) in [5, 5.41) is 14.9. The molecule has 5 heteroatoms. The molecule has 102 valence electrons. The second kappa shape index (κ2) is 6.12. The molecule has 4 N–H and O–H groups in total. The molecule has 2 unspecified atom stereocenters. The highest BCUT2D eigenvalue weighted by molar-refractivity contribution is 7.99. The van der Waals surface area contributed by atoms with Crippen LogP contribution in [0.2, 0.25) is 0 Å². The van der Waals surface area contributed by atoms with Crippen molar-refractivity contribution < 1.29 is 5.11 Å². The second-order valence-corrected chi connectivity index (χ2v) is 5.59. The van der Waals surface area contributed by atoms with Gasteiger partial charge in [-0.25, -0.2) is 0 Å². The van der Waals surface area contributed by atoms with Gasteiger partial charge in [0.05, 0.1) is 6.61 Å². The van der Waals surface area contributed by atoms with Crippen LogP contribution in [-0.2, 0) is 0 Å². The van der Waals surface area contributed by atoms with Crippen LogP contribution in [0, 0.1) is 0 Å². The van der Waals surface area contributed by atoms with Crippen molar-refractivity contribution in [1.29, 1.82) is 0 Å². The Bertz CT molecular complexity index is 557. The fourth-order valence-electron chi connectivity index (χ4n) is 2.11. The lowest BCUT2D eigenvalue weighted by molar-refractivity contribution is 0.288. The van der Waals surface area contributed by atoms with Gasteiger partial charge in [0.2, 0.25) is 0 Å². The molecule has 0 bridgehead atoms. The van der Waals surface area contributed by atoms with Gasteiger partial charge in [-0.3, -0.25) is 4.98 Å². The van der Waals surface area contributed by atoms with Crippen LogP contribution in [-0.4, -0.2) is 34.2 Å². The zero-order valence-electron chi connectivity index (χ0n) is 11.1. The number of nitrogens with two attached hydrogens (primary N) is 1. The summed E-state index contributed by atoms with van der Waals surface area (Å²) < 4.78 is 0. The Hall–Kier alpha value is -1.46. The van der Waals surface area contributed by atoms with Crippen LogP contribution >= 0.6 is 11.8 Å². The Morgan fingerprint density at radius 2 is 2.16 bits per heavy atom. The van der Waals surface area contributed by atoms with E-state index in [0.29, 0.717) is 0 Å². The van der Waals surface area contributed by atoms with Crippen LogP contribution in [0.1, 0.15) is 6.92 Å². The van der Waals surface area contributed by atoms with E-state index in [4.69, 9.17) is 5.73 Å². The van der Waals surface area contributed by atoms with E-state index in [-0.39, 0.29) is 17.9 Å². The summed E-state index contributed by atoms with van der Waals surface area (Å²) in [4.78, 5) is 4.16. The third kappa shape index (κ3) is 2.93. The molecule has 0 spiro atoms. The number of hydrogen-bond donors (Lipinski definition) is 3. The Morgan fingerprint density at radius 3 is 2.84 bits per heavy atom. The molecule has 2 rings (SSSR count). The average Bonchev–Trinajstić information content (AvgIpc) is 2.44. The predicted molar refractivity (Wildman–Crippen MR) is 83.6 cm³/mol. The molecule has 0 saturated carbocycles. The van der Waals surface area contributed by atoms with Crippen molar-refractivity contribution in [3.05, 3.63) is 30.6 Å². The van der Waals surface area contributed by atoms with Crippen LogP contribution < -0.4 is 11.1 Å². The van der Waals surface area contributed by atoms with Crippen molar-refractivity contribution in [2.45, 2.75) is 18.2 Å². The van der Waals surface area contributed by atoms with E-state index in [1.807, 2.05) is 30.7 Å². The maximum Gasteiger partial charge on any atom is 0.0569 e. The zero-order valence-corrected chi connectivity index (χ0v) is 11.9. The fourth-order valence-corrected chi connectivity index (χ4v) is 2.74. The normalized spacial score (nSPS) is 14.3. The summed E-state index contributed by atoms with van der Waals surface area (Å²) in [7, 11) is 0. The molecule has 0 fully saturated rings. The number of nitrogens with zero attached hydrogens (tertiary/aromatic N) is 1. The van der Waals surface area contributed by atoms with Crippen molar-refractivity contribution in [3.8, 4) is 0 Å². The number of fused-ring (bicyclic) bond motifs is 1. The van der Waals surface area contributed by atoms with E-state index in [1.165, 1.54) is 0 Å². The third-order valence-corrected chi connectivity index (χ3v) is 4.44. The Morgan fingerprint density at radius 1 is 1.37 bits per heavy atom. The van der Waals surface area contributed by atoms with Gasteiger partial charge in [0.15, 0.2) is 0 Å². The van der Waals surface area contributed by atoms with Gasteiger partial charge in [0.25, 0.3) is 0 Å². The van der Waals surface area contributed by atoms with Gasteiger partial charge >= 0.3 is 0 Å². The number of nitrogen functional groups attached to an aromatic ring is 1. The monoisotopic (exact) mass is 277 g/mol. The Labute approximate surface area is 117 Å². The summed E-state index contributed by atoms with van der Waals surface area (Å²) in [5.74, 6) is 0. The minimum Gasteiger partial charge on any atom is -0.398 e. The molecule has 0 aliphatic rings. The third-order valence-electron chi connectivity index (χ3n) is 3.28. The molecule has 0 radical (unpaired) electrons.